The highest BCUT2D eigenvalue weighted by atomic mass is 16.4. The van der Waals surface area contributed by atoms with Crippen molar-refractivity contribution < 1.29 is 4.42 Å². The summed E-state index contributed by atoms with van der Waals surface area (Å²) in [5, 5.41) is 0. The van der Waals surface area contributed by atoms with Crippen LogP contribution >= 0.6 is 0 Å². The van der Waals surface area contributed by atoms with Crippen LogP contribution < -0.4 is 0 Å². The summed E-state index contributed by atoms with van der Waals surface area (Å²) < 4.78 is 6.01. The van der Waals surface area contributed by atoms with Crippen molar-refractivity contribution in [3.8, 4) is 11.3 Å². The van der Waals surface area contributed by atoms with E-state index in [0.717, 1.165) is 17.0 Å². The topological polar surface area (TPSA) is 26.0 Å². The second-order valence-electron chi connectivity index (χ2n) is 6.07. The van der Waals surface area contributed by atoms with E-state index in [-0.39, 0.29) is 5.92 Å². The Morgan fingerprint density at radius 1 is 0.680 bits per heavy atom. The molecular weight excluding hydrogens is 306 g/mol. The quantitative estimate of drug-likeness (QED) is 0.472. The third kappa shape index (κ3) is 3.11. The zero-order valence-corrected chi connectivity index (χ0v) is 14.1. The van der Waals surface area contributed by atoms with Crippen molar-refractivity contribution in [2.75, 3.05) is 0 Å². The van der Waals surface area contributed by atoms with Crippen LogP contribution in [0, 0.1) is 6.92 Å². The Morgan fingerprint density at radius 2 is 1.16 bits per heavy atom. The molecule has 0 saturated heterocycles. The minimum absolute atomic E-state index is 0.0371. The molecule has 0 radical (unpaired) electrons. The third-order valence-electron chi connectivity index (χ3n) is 4.34. The molecule has 0 aliphatic rings. The summed E-state index contributed by atoms with van der Waals surface area (Å²) in [6.07, 6.45) is 0. The van der Waals surface area contributed by atoms with E-state index in [4.69, 9.17) is 9.40 Å². The van der Waals surface area contributed by atoms with Gasteiger partial charge in [0, 0.05) is 12.5 Å². The minimum Gasteiger partial charge on any atom is -0.441 e. The molecule has 0 unspecified atom stereocenters. The number of hydrogen-bond donors (Lipinski definition) is 0. The maximum atomic E-state index is 6.01. The largest absolute Gasteiger partial charge is 0.441 e. The first-order valence-electron chi connectivity index (χ1n) is 8.45. The normalized spacial score (nSPS) is 11.0. The van der Waals surface area contributed by atoms with E-state index in [1.165, 1.54) is 11.1 Å². The minimum atomic E-state index is 0.0371. The van der Waals surface area contributed by atoms with Gasteiger partial charge >= 0.3 is 0 Å². The van der Waals surface area contributed by atoms with Crippen LogP contribution in [0.4, 0.5) is 0 Å². The number of oxazole rings is 1. The van der Waals surface area contributed by atoms with E-state index in [2.05, 4.69) is 60.7 Å². The van der Waals surface area contributed by atoms with Gasteiger partial charge in [-0.25, -0.2) is 4.98 Å². The second-order valence-corrected chi connectivity index (χ2v) is 6.07. The van der Waals surface area contributed by atoms with Crippen LogP contribution in [-0.4, -0.2) is 4.98 Å². The number of hydrogen-bond acceptors (Lipinski definition) is 2. The maximum absolute atomic E-state index is 6.01. The van der Waals surface area contributed by atoms with E-state index in [1.807, 2.05) is 37.3 Å². The Bertz CT molecular complexity index is 904. The Hall–Kier alpha value is -3.13. The van der Waals surface area contributed by atoms with Gasteiger partial charge in [-0.2, -0.15) is 0 Å². The van der Waals surface area contributed by atoms with Crippen molar-refractivity contribution in [2.45, 2.75) is 12.8 Å². The Labute approximate surface area is 147 Å². The summed E-state index contributed by atoms with van der Waals surface area (Å²) in [5.41, 5.74) is 4.43. The van der Waals surface area contributed by atoms with Gasteiger partial charge in [-0.05, 0) is 11.1 Å². The van der Waals surface area contributed by atoms with E-state index in [0.29, 0.717) is 5.89 Å². The molecule has 0 fully saturated rings. The number of rotatable bonds is 4. The van der Waals surface area contributed by atoms with Crippen molar-refractivity contribution in [3.05, 3.63) is 114 Å². The number of nitrogens with zero attached hydrogens (tertiary/aromatic N) is 1. The molecule has 122 valence electrons. The molecule has 0 spiro atoms. The number of aromatic nitrogens is 1. The molecule has 4 aromatic rings. The molecule has 1 heterocycles. The van der Waals surface area contributed by atoms with Crippen LogP contribution in [0.3, 0.4) is 0 Å². The lowest BCUT2D eigenvalue weighted by atomic mass is 9.87. The molecule has 0 saturated carbocycles. The molecule has 0 amide bonds. The van der Waals surface area contributed by atoms with Gasteiger partial charge in [0.25, 0.3) is 0 Å². The van der Waals surface area contributed by atoms with Crippen LogP contribution in [0.25, 0.3) is 11.3 Å². The average Bonchev–Trinajstić information content (AvgIpc) is 3.06. The summed E-state index contributed by atoms with van der Waals surface area (Å²) in [5.74, 6) is 1.57. The van der Waals surface area contributed by atoms with E-state index < -0.39 is 0 Å². The van der Waals surface area contributed by atoms with Crippen molar-refractivity contribution in [2.24, 2.45) is 0 Å². The van der Waals surface area contributed by atoms with Gasteiger partial charge in [0.05, 0.1) is 11.6 Å². The lowest BCUT2D eigenvalue weighted by Crippen LogP contribution is -2.05. The van der Waals surface area contributed by atoms with E-state index in [9.17, 15) is 0 Å². The molecule has 0 aliphatic heterocycles. The zero-order chi connectivity index (χ0) is 17.1. The van der Waals surface area contributed by atoms with Gasteiger partial charge in [-0.3, -0.25) is 0 Å². The summed E-state index contributed by atoms with van der Waals surface area (Å²) in [4.78, 5) is 4.77. The van der Waals surface area contributed by atoms with Crippen molar-refractivity contribution in [1.82, 2.24) is 4.98 Å². The zero-order valence-electron chi connectivity index (χ0n) is 14.1. The molecule has 0 bridgehead atoms. The Balaban J connectivity index is 1.93. The van der Waals surface area contributed by atoms with Gasteiger partial charge in [-0.1, -0.05) is 91.0 Å². The van der Waals surface area contributed by atoms with Crippen LogP contribution in [0.2, 0.25) is 0 Å². The Kier molecular flexibility index (Phi) is 4.17. The number of aryl methyl sites for hydroxylation is 1. The Morgan fingerprint density at radius 3 is 1.68 bits per heavy atom. The molecule has 2 heteroatoms. The molecule has 3 aromatic carbocycles. The fourth-order valence-electron chi connectivity index (χ4n) is 3.23. The van der Waals surface area contributed by atoms with Gasteiger partial charge in [0.15, 0.2) is 11.7 Å². The highest BCUT2D eigenvalue weighted by Crippen LogP contribution is 2.37. The molecule has 2 nitrogen and oxygen atoms in total. The van der Waals surface area contributed by atoms with Crippen molar-refractivity contribution in [1.29, 1.82) is 0 Å². The SMILES string of the molecule is Cc1nc(C(c2ccccc2)c2ccccc2)c(-c2ccccc2)o1. The first-order chi connectivity index (χ1) is 12.3. The van der Waals surface area contributed by atoms with Crippen LogP contribution in [0.5, 0.6) is 0 Å². The first-order valence-corrected chi connectivity index (χ1v) is 8.45. The van der Waals surface area contributed by atoms with E-state index >= 15 is 0 Å². The molecule has 25 heavy (non-hydrogen) atoms. The smallest absolute Gasteiger partial charge is 0.192 e. The molecule has 1 aromatic heterocycles. The summed E-state index contributed by atoms with van der Waals surface area (Å²) >= 11 is 0. The summed E-state index contributed by atoms with van der Waals surface area (Å²) in [6.45, 7) is 1.91. The lowest BCUT2D eigenvalue weighted by Gasteiger charge is -2.17. The van der Waals surface area contributed by atoms with Gasteiger partial charge < -0.3 is 4.42 Å². The first kappa shape index (κ1) is 15.4. The summed E-state index contributed by atoms with van der Waals surface area (Å²) in [6, 6.07) is 31.1. The van der Waals surface area contributed by atoms with Crippen LogP contribution in [0.1, 0.15) is 28.6 Å². The van der Waals surface area contributed by atoms with Crippen LogP contribution in [0.15, 0.2) is 95.4 Å². The standard InChI is InChI=1S/C23H19NO/c1-17-24-22(23(25-17)20-15-9-4-10-16-20)21(18-11-5-2-6-12-18)19-13-7-3-8-14-19/h2-16,21H,1H3. The van der Waals surface area contributed by atoms with Gasteiger partial charge in [0.1, 0.15) is 0 Å². The molecule has 0 aliphatic carbocycles. The number of benzene rings is 3. The van der Waals surface area contributed by atoms with Gasteiger partial charge in [0.2, 0.25) is 0 Å². The fourth-order valence-corrected chi connectivity index (χ4v) is 3.23. The average molecular weight is 325 g/mol. The fraction of sp³-hybridized carbons (Fsp3) is 0.0870. The van der Waals surface area contributed by atoms with Gasteiger partial charge in [-0.15, -0.1) is 0 Å². The summed E-state index contributed by atoms with van der Waals surface area (Å²) in [7, 11) is 0. The predicted molar refractivity (Wildman–Crippen MR) is 101 cm³/mol. The van der Waals surface area contributed by atoms with Crippen molar-refractivity contribution >= 4 is 0 Å². The van der Waals surface area contributed by atoms with E-state index in [1.54, 1.807) is 0 Å². The highest BCUT2D eigenvalue weighted by Gasteiger charge is 2.25. The maximum Gasteiger partial charge on any atom is 0.192 e. The lowest BCUT2D eigenvalue weighted by molar-refractivity contribution is 0.534. The predicted octanol–water partition coefficient (Wildman–Crippen LogP) is 5.83. The monoisotopic (exact) mass is 325 g/mol. The molecule has 0 N–H and O–H groups in total. The third-order valence-corrected chi connectivity index (χ3v) is 4.34. The van der Waals surface area contributed by atoms with Crippen LogP contribution in [-0.2, 0) is 0 Å². The molecule has 4 rings (SSSR count). The second kappa shape index (κ2) is 6.78. The molecule has 0 atom stereocenters. The van der Waals surface area contributed by atoms with Crippen molar-refractivity contribution in [3.63, 3.8) is 0 Å². The molecular formula is C23H19NO. The highest BCUT2D eigenvalue weighted by molar-refractivity contribution is 5.63.